The fourth-order valence-corrected chi connectivity index (χ4v) is 6.78. The number of benzene rings is 5. The summed E-state index contributed by atoms with van der Waals surface area (Å²) >= 11 is 0. The van der Waals surface area contributed by atoms with E-state index in [1.807, 2.05) is 24.3 Å². The van der Waals surface area contributed by atoms with Gasteiger partial charge in [-0.05, 0) is 75.2 Å². The highest BCUT2D eigenvalue weighted by molar-refractivity contribution is 6.19. The van der Waals surface area contributed by atoms with Crippen molar-refractivity contribution in [2.75, 3.05) is 33.8 Å². The Hall–Kier alpha value is -4.71. The third-order valence-corrected chi connectivity index (χ3v) is 8.61. The standard InChI is InChI=1S/C35H31NO5/c1-38-28-15-22-23-16-29(39-2)31(41-4)18-25(23)35-33(24(22)17-30(28)40-3)32(34-26(36-35)13-8-14-27(34)37)21-12-7-10-19-9-5-6-11-20(19)21/h5-7,9-12,15-18,32,36H,8,13-14H2,1-4H3. The molecular formula is C35H31NO5. The first-order valence-corrected chi connectivity index (χ1v) is 13.9. The normalized spacial score (nSPS) is 16.4. The number of hydrogen-bond donors (Lipinski definition) is 1. The SMILES string of the molecule is COc1cc2c3c(c4cc(OC)c(OC)cc4c2cc1OC)C(c1cccc2ccccc12)C1=C(CCCC1=O)N3. The Bertz CT molecular complexity index is 1920. The number of methoxy groups -OCH3 is 4. The van der Waals surface area contributed by atoms with Gasteiger partial charge < -0.3 is 24.3 Å². The van der Waals surface area contributed by atoms with Gasteiger partial charge in [0, 0.05) is 29.0 Å². The molecule has 5 aromatic rings. The second-order valence-electron chi connectivity index (χ2n) is 10.6. The van der Waals surface area contributed by atoms with Crippen molar-refractivity contribution in [1.82, 2.24) is 0 Å². The number of nitrogens with one attached hydrogen (secondary N) is 1. The molecule has 1 aliphatic heterocycles. The van der Waals surface area contributed by atoms with Crippen molar-refractivity contribution in [2.45, 2.75) is 25.2 Å². The van der Waals surface area contributed by atoms with Crippen LogP contribution in [0, 0.1) is 0 Å². The molecule has 5 aromatic carbocycles. The van der Waals surface area contributed by atoms with E-state index in [9.17, 15) is 4.79 Å². The zero-order valence-corrected chi connectivity index (χ0v) is 23.6. The Morgan fingerprint density at radius 2 is 1.24 bits per heavy atom. The zero-order valence-electron chi connectivity index (χ0n) is 23.6. The molecule has 1 atom stereocenters. The molecule has 1 N–H and O–H groups in total. The van der Waals surface area contributed by atoms with Crippen LogP contribution in [0.2, 0.25) is 0 Å². The first-order chi connectivity index (χ1) is 20.1. The van der Waals surface area contributed by atoms with E-state index in [0.29, 0.717) is 29.4 Å². The van der Waals surface area contributed by atoms with Crippen LogP contribution in [0.15, 0.2) is 78.0 Å². The van der Waals surface area contributed by atoms with Gasteiger partial charge in [-0.2, -0.15) is 0 Å². The van der Waals surface area contributed by atoms with Crippen molar-refractivity contribution < 1.29 is 23.7 Å². The number of ether oxygens (including phenoxy) is 4. The quantitative estimate of drug-likeness (QED) is 0.228. The monoisotopic (exact) mass is 545 g/mol. The molecule has 0 radical (unpaired) electrons. The average Bonchev–Trinajstić information content (AvgIpc) is 3.02. The Morgan fingerprint density at radius 3 is 1.93 bits per heavy atom. The summed E-state index contributed by atoms with van der Waals surface area (Å²) in [5.74, 6) is 2.49. The lowest BCUT2D eigenvalue weighted by Gasteiger charge is -2.36. The van der Waals surface area contributed by atoms with E-state index in [2.05, 4.69) is 47.8 Å². The summed E-state index contributed by atoms with van der Waals surface area (Å²) in [4.78, 5) is 13.8. The van der Waals surface area contributed by atoms with Crippen LogP contribution in [0.1, 0.15) is 36.3 Å². The summed E-state index contributed by atoms with van der Waals surface area (Å²) < 4.78 is 23.0. The number of hydrogen-bond acceptors (Lipinski definition) is 6. The summed E-state index contributed by atoms with van der Waals surface area (Å²) in [6.45, 7) is 0. The molecule has 6 nitrogen and oxygen atoms in total. The molecule has 0 amide bonds. The fourth-order valence-electron chi connectivity index (χ4n) is 6.78. The molecule has 0 spiro atoms. The van der Waals surface area contributed by atoms with Gasteiger partial charge in [-0.25, -0.2) is 0 Å². The highest BCUT2D eigenvalue weighted by Crippen LogP contribution is 2.54. The molecule has 6 heteroatoms. The summed E-state index contributed by atoms with van der Waals surface area (Å²) in [6, 6.07) is 22.9. The van der Waals surface area contributed by atoms with Crippen LogP contribution in [-0.4, -0.2) is 34.2 Å². The number of allylic oxidation sites excluding steroid dienone is 2. The van der Waals surface area contributed by atoms with Crippen molar-refractivity contribution >= 4 is 43.8 Å². The van der Waals surface area contributed by atoms with Gasteiger partial charge >= 0.3 is 0 Å². The molecule has 0 saturated carbocycles. The molecule has 1 aliphatic carbocycles. The van der Waals surface area contributed by atoms with E-state index in [1.54, 1.807) is 28.4 Å². The van der Waals surface area contributed by atoms with Crippen molar-refractivity contribution in [3.05, 3.63) is 89.1 Å². The van der Waals surface area contributed by atoms with E-state index in [4.69, 9.17) is 18.9 Å². The van der Waals surface area contributed by atoms with E-state index >= 15 is 0 Å². The minimum Gasteiger partial charge on any atom is -0.493 e. The second-order valence-corrected chi connectivity index (χ2v) is 10.6. The minimum atomic E-state index is -0.266. The predicted octanol–water partition coefficient (Wildman–Crippen LogP) is 7.75. The van der Waals surface area contributed by atoms with Crippen molar-refractivity contribution in [1.29, 1.82) is 0 Å². The molecule has 0 fully saturated rings. The van der Waals surface area contributed by atoms with Gasteiger partial charge in [0.2, 0.25) is 0 Å². The Balaban J connectivity index is 1.69. The van der Waals surface area contributed by atoms with Crippen LogP contribution >= 0.6 is 0 Å². The number of rotatable bonds is 5. The lowest BCUT2D eigenvalue weighted by atomic mass is 9.72. The predicted molar refractivity (Wildman–Crippen MR) is 163 cm³/mol. The average molecular weight is 546 g/mol. The van der Waals surface area contributed by atoms with E-state index < -0.39 is 0 Å². The summed E-state index contributed by atoms with van der Waals surface area (Å²) in [7, 11) is 6.59. The number of carbonyl (C=O) groups excluding carboxylic acids is 1. The third kappa shape index (κ3) is 3.74. The van der Waals surface area contributed by atoms with E-state index in [-0.39, 0.29) is 11.7 Å². The fraction of sp³-hybridized carbons (Fsp3) is 0.229. The maximum absolute atomic E-state index is 13.8. The molecule has 1 heterocycles. The number of ketones is 1. The van der Waals surface area contributed by atoms with Gasteiger partial charge in [-0.15, -0.1) is 0 Å². The van der Waals surface area contributed by atoms with Crippen molar-refractivity contribution in [3.8, 4) is 23.0 Å². The van der Waals surface area contributed by atoms with Crippen LogP contribution in [-0.2, 0) is 4.79 Å². The van der Waals surface area contributed by atoms with Crippen LogP contribution < -0.4 is 24.3 Å². The van der Waals surface area contributed by atoms with Crippen molar-refractivity contribution in [3.63, 3.8) is 0 Å². The molecular weight excluding hydrogens is 514 g/mol. The van der Waals surface area contributed by atoms with Gasteiger partial charge in [0.15, 0.2) is 28.8 Å². The van der Waals surface area contributed by atoms with Crippen LogP contribution in [0.25, 0.3) is 32.3 Å². The molecule has 1 unspecified atom stereocenters. The number of carbonyl (C=O) groups is 1. The molecule has 7 rings (SSSR count). The Labute approximate surface area is 238 Å². The molecule has 2 aliphatic rings. The van der Waals surface area contributed by atoms with Crippen LogP contribution in [0.5, 0.6) is 23.0 Å². The van der Waals surface area contributed by atoms with Gasteiger partial charge in [0.05, 0.1) is 34.1 Å². The van der Waals surface area contributed by atoms with E-state index in [0.717, 1.165) is 73.2 Å². The number of fused-ring (bicyclic) bond motifs is 7. The van der Waals surface area contributed by atoms with Gasteiger partial charge in [0.1, 0.15) is 0 Å². The van der Waals surface area contributed by atoms with Crippen LogP contribution in [0.3, 0.4) is 0 Å². The highest BCUT2D eigenvalue weighted by Gasteiger charge is 2.38. The third-order valence-electron chi connectivity index (χ3n) is 8.61. The first kappa shape index (κ1) is 25.3. The zero-order chi connectivity index (χ0) is 28.2. The number of anilines is 1. The smallest absolute Gasteiger partial charge is 0.161 e. The molecule has 0 bridgehead atoms. The Morgan fingerprint density at radius 1 is 0.659 bits per heavy atom. The lowest BCUT2D eigenvalue weighted by Crippen LogP contribution is -2.27. The lowest BCUT2D eigenvalue weighted by molar-refractivity contribution is -0.116. The largest absolute Gasteiger partial charge is 0.493 e. The van der Waals surface area contributed by atoms with Gasteiger partial charge in [-0.1, -0.05) is 42.5 Å². The maximum atomic E-state index is 13.8. The molecule has 0 aromatic heterocycles. The molecule has 206 valence electrons. The van der Waals surface area contributed by atoms with Crippen LogP contribution in [0.4, 0.5) is 5.69 Å². The maximum Gasteiger partial charge on any atom is 0.161 e. The topological polar surface area (TPSA) is 66.0 Å². The summed E-state index contributed by atoms with van der Waals surface area (Å²) in [5, 5.41) is 10.0. The summed E-state index contributed by atoms with van der Waals surface area (Å²) in [6.07, 6.45) is 2.20. The van der Waals surface area contributed by atoms with Gasteiger partial charge in [0.25, 0.3) is 0 Å². The number of Topliss-reactive ketones (excluding diaryl/α,β-unsaturated/α-hetero) is 1. The summed E-state index contributed by atoms with van der Waals surface area (Å²) in [5.41, 5.74) is 5.00. The van der Waals surface area contributed by atoms with Gasteiger partial charge in [-0.3, -0.25) is 4.79 Å². The van der Waals surface area contributed by atoms with E-state index in [1.165, 1.54) is 0 Å². The highest BCUT2D eigenvalue weighted by atomic mass is 16.5. The molecule has 0 saturated heterocycles. The Kier molecular flexibility index (Phi) is 6.00. The first-order valence-electron chi connectivity index (χ1n) is 13.9. The minimum absolute atomic E-state index is 0.198. The van der Waals surface area contributed by atoms with Crippen molar-refractivity contribution in [2.24, 2.45) is 0 Å². The molecule has 41 heavy (non-hydrogen) atoms. The second kappa shape index (κ2) is 9.73.